The first-order chi connectivity index (χ1) is 9.84. The van der Waals surface area contributed by atoms with E-state index in [9.17, 15) is 4.79 Å². The Morgan fingerprint density at radius 2 is 2.00 bits per heavy atom. The molecule has 1 rings (SSSR count). The maximum atomic E-state index is 12.0. The summed E-state index contributed by atoms with van der Waals surface area (Å²) in [6.45, 7) is 7.32. The summed E-state index contributed by atoms with van der Waals surface area (Å²) in [5.74, 6) is 0.618. The number of carbonyl (C=O) groups excluding carboxylic acids is 1. The van der Waals surface area contributed by atoms with E-state index in [1.165, 1.54) is 0 Å². The third kappa shape index (κ3) is 7.11. The highest BCUT2D eigenvalue weighted by Crippen LogP contribution is 2.17. The van der Waals surface area contributed by atoms with Crippen molar-refractivity contribution < 1.29 is 14.3 Å². The number of amides is 1. The Labute approximate surface area is 139 Å². The van der Waals surface area contributed by atoms with Gasteiger partial charge in [-0.3, -0.25) is 4.79 Å². The van der Waals surface area contributed by atoms with Crippen LogP contribution in [0.1, 0.15) is 26.3 Å². The Bertz CT molecular complexity index is 461. The zero-order valence-corrected chi connectivity index (χ0v) is 14.5. The van der Waals surface area contributed by atoms with Crippen LogP contribution in [0.4, 0.5) is 0 Å². The molecule has 126 valence electrons. The zero-order valence-electron chi connectivity index (χ0n) is 13.7. The Morgan fingerprint density at radius 1 is 1.32 bits per heavy atom. The Balaban J connectivity index is 0.00000441. The molecule has 1 aromatic rings. The van der Waals surface area contributed by atoms with Crippen molar-refractivity contribution in [3.63, 3.8) is 0 Å². The van der Waals surface area contributed by atoms with Crippen molar-refractivity contribution in [1.82, 2.24) is 5.32 Å². The summed E-state index contributed by atoms with van der Waals surface area (Å²) in [5.41, 5.74) is 6.64. The third-order valence-corrected chi connectivity index (χ3v) is 3.14. The summed E-state index contributed by atoms with van der Waals surface area (Å²) in [6.07, 6.45) is 0. The van der Waals surface area contributed by atoms with E-state index in [2.05, 4.69) is 5.32 Å². The summed E-state index contributed by atoms with van der Waals surface area (Å²) >= 11 is 0. The summed E-state index contributed by atoms with van der Waals surface area (Å²) < 4.78 is 10.5. The standard InChI is InChI=1S/C16H26N2O3.ClH/c1-16(2,3)14(17)15(19)18-11-12-6-5-7-13(10-12)21-9-8-20-4;/h5-7,10,14H,8-9,11,17H2,1-4H3,(H,18,19);1H/t14-;/m1./s1. The molecule has 0 aliphatic heterocycles. The van der Waals surface area contributed by atoms with Gasteiger partial charge in [-0.1, -0.05) is 32.9 Å². The van der Waals surface area contributed by atoms with Gasteiger partial charge in [-0.05, 0) is 23.1 Å². The Morgan fingerprint density at radius 3 is 2.59 bits per heavy atom. The van der Waals surface area contributed by atoms with E-state index >= 15 is 0 Å². The molecule has 0 heterocycles. The molecule has 0 spiro atoms. The maximum Gasteiger partial charge on any atom is 0.237 e. The number of hydrogen-bond donors (Lipinski definition) is 2. The highest BCUT2D eigenvalue weighted by atomic mass is 35.5. The van der Waals surface area contributed by atoms with Crippen molar-refractivity contribution in [2.24, 2.45) is 11.1 Å². The van der Waals surface area contributed by atoms with Crippen molar-refractivity contribution in [2.75, 3.05) is 20.3 Å². The molecule has 0 aliphatic rings. The van der Waals surface area contributed by atoms with Gasteiger partial charge in [-0.2, -0.15) is 0 Å². The largest absolute Gasteiger partial charge is 0.491 e. The third-order valence-electron chi connectivity index (χ3n) is 3.14. The van der Waals surface area contributed by atoms with Crippen molar-refractivity contribution in [3.05, 3.63) is 29.8 Å². The molecule has 1 amide bonds. The summed E-state index contributed by atoms with van der Waals surface area (Å²) in [7, 11) is 1.63. The molecule has 0 saturated heterocycles. The lowest BCUT2D eigenvalue weighted by molar-refractivity contribution is -0.124. The van der Waals surface area contributed by atoms with E-state index in [0.29, 0.717) is 19.8 Å². The van der Waals surface area contributed by atoms with Crippen LogP contribution in [0.2, 0.25) is 0 Å². The van der Waals surface area contributed by atoms with Crippen molar-refractivity contribution in [1.29, 1.82) is 0 Å². The molecule has 0 radical (unpaired) electrons. The summed E-state index contributed by atoms with van der Waals surface area (Å²) in [6, 6.07) is 7.08. The quantitative estimate of drug-likeness (QED) is 0.751. The van der Waals surface area contributed by atoms with Gasteiger partial charge in [0.1, 0.15) is 12.4 Å². The maximum absolute atomic E-state index is 12.0. The molecule has 6 heteroatoms. The molecule has 0 fully saturated rings. The smallest absolute Gasteiger partial charge is 0.237 e. The van der Waals surface area contributed by atoms with Crippen LogP contribution in [0.15, 0.2) is 24.3 Å². The molecule has 0 aliphatic carbocycles. The average Bonchev–Trinajstić information content (AvgIpc) is 2.44. The zero-order chi connectivity index (χ0) is 15.9. The van der Waals surface area contributed by atoms with Crippen molar-refractivity contribution in [3.8, 4) is 5.75 Å². The lowest BCUT2D eigenvalue weighted by atomic mass is 9.87. The lowest BCUT2D eigenvalue weighted by Gasteiger charge is -2.25. The normalized spacial score (nSPS) is 12.2. The molecule has 0 bridgehead atoms. The number of hydrogen-bond acceptors (Lipinski definition) is 4. The second-order valence-electron chi connectivity index (χ2n) is 6.05. The number of carbonyl (C=O) groups is 1. The number of ether oxygens (including phenoxy) is 2. The van der Waals surface area contributed by atoms with Gasteiger partial charge in [0.15, 0.2) is 0 Å². The SMILES string of the molecule is COCCOc1cccc(CNC(=O)[C@@H](N)C(C)(C)C)c1.Cl. The van der Waals surface area contributed by atoms with Crippen LogP contribution in [0.3, 0.4) is 0 Å². The van der Waals surface area contributed by atoms with Crippen LogP contribution in [0.5, 0.6) is 5.75 Å². The molecular formula is C16H27ClN2O3. The number of benzene rings is 1. The first-order valence-corrected chi connectivity index (χ1v) is 7.08. The predicted molar refractivity (Wildman–Crippen MR) is 90.3 cm³/mol. The number of rotatable bonds is 7. The molecular weight excluding hydrogens is 304 g/mol. The second-order valence-corrected chi connectivity index (χ2v) is 6.05. The fraction of sp³-hybridized carbons (Fsp3) is 0.562. The van der Waals surface area contributed by atoms with Gasteiger partial charge in [0.05, 0.1) is 12.6 Å². The van der Waals surface area contributed by atoms with Crippen LogP contribution in [-0.2, 0) is 16.1 Å². The number of halogens is 1. The number of nitrogens with two attached hydrogens (primary N) is 1. The van der Waals surface area contributed by atoms with Gasteiger partial charge in [0.2, 0.25) is 5.91 Å². The van der Waals surface area contributed by atoms with Gasteiger partial charge in [-0.15, -0.1) is 12.4 Å². The fourth-order valence-electron chi connectivity index (χ4n) is 1.68. The van der Waals surface area contributed by atoms with Crippen LogP contribution in [0, 0.1) is 5.41 Å². The van der Waals surface area contributed by atoms with Crippen LogP contribution < -0.4 is 15.8 Å². The minimum atomic E-state index is -0.529. The highest BCUT2D eigenvalue weighted by molar-refractivity contribution is 5.85. The van der Waals surface area contributed by atoms with Gasteiger partial charge < -0.3 is 20.5 Å². The van der Waals surface area contributed by atoms with Crippen LogP contribution in [0.25, 0.3) is 0 Å². The van der Waals surface area contributed by atoms with E-state index in [-0.39, 0.29) is 23.7 Å². The minimum Gasteiger partial charge on any atom is -0.491 e. The van der Waals surface area contributed by atoms with E-state index in [1.807, 2.05) is 45.0 Å². The van der Waals surface area contributed by atoms with Crippen LogP contribution in [-0.4, -0.2) is 32.3 Å². The van der Waals surface area contributed by atoms with Gasteiger partial charge >= 0.3 is 0 Å². The molecule has 1 aromatic carbocycles. The Kier molecular flexibility index (Phi) is 9.09. The molecule has 1 atom stereocenters. The topological polar surface area (TPSA) is 73.6 Å². The molecule has 0 aromatic heterocycles. The van der Waals surface area contributed by atoms with E-state index in [1.54, 1.807) is 7.11 Å². The molecule has 0 saturated carbocycles. The lowest BCUT2D eigenvalue weighted by Crippen LogP contribution is -2.48. The van der Waals surface area contributed by atoms with E-state index in [0.717, 1.165) is 11.3 Å². The second kappa shape index (κ2) is 9.66. The molecule has 22 heavy (non-hydrogen) atoms. The highest BCUT2D eigenvalue weighted by Gasteiger charge is 2.27. The summed E-state index contributed by atoms with van der Waals surface area (Å²) in [5, 5.41) is 2.86. The average molecular weight is 331 g/mol. The minimum absolute atomic E-state index is 0. The van der Waals surface area contributed by atoms with Gasteiger partial charge in [0, 0.05) is 13.7 Å². The fourth-order valence-corrected chi connectivity index (χ4v) is 1.68. The van der Waals surface area contributed by atoms with E-state index < -0.39 is 6.04 Å². The molecule has 5 nitrogen and oxygen atoms in total. The summed E-state index contributed by atoms with van der Waals surface area (Å²) in [4.78, 5) is 12.0. The number of methoxy groups -OCH3 is 1. The van der Waals surface area contributed by atoms with Gasteiger partial charge in [0.25, 0.3) is 0 Å². The van der Waals surface area contributed by atoms with Crippen molar-refractivity contribution >= 4 is 18.3 Å². The van der Waals surface area contributed by atoms with Gasteiger partial charge in [-0.25, -0.2) is 0 Å². The first-order valence-electron chi connectivity index (χ1n) is 7.08. The Hall–Kier alpha value is -1.30. The monoisotopic (exact) mass is 330 g/mol. The first kappa shape index (κ1) is 20.7. The van der Waals surface area contributed by atoms with Crippen LogP contribution >= 0.6 is 12.4 Å². The van der Waals surface area contributed by atoms with Crippen molar-refractivity contribution in [2.45, 2.75) is 33.4 Å². The molecule has 0 unspecified atom stereocenters. The molecule has 3 N–H and O–H groups in total. The number of nitrogens with one attached hydrogen (secondary N) is 1. The van der Waals surface area contributed by atoms with E-state index in [4.69, 9.17) is 15.2 Å². The predicted octanol–water partition coefficient (Wildman–Crippen LogP) is 2.12.